The Balaban J connectivity index is 1.95. The lowest BCUT2D eigenvalue weighted by atomic mass is 9.98. The fraction of sp³-hybridized carbons (Fsp3) is 0.360. The maximum atomic E-state index is 13.5. The largest absolute Gasteiger partial charge is 0.349 e. The molecule has 0 aliphatic carbocycles. The second-order valence-electron chi connectivity index (χ2n) is 7.94. The average molecular weight is 436 g/mol. The van der Waals surface area contributed by atoms with Gasteiger partial charge in [0.15, 0.2) is 0 Å². The van der Waals surface area contributed by atoms with Gasteiger partial charge in [0.05, 0.1) is 0 Å². The Morgan fingerprint density at radius 2 is 1.66 bits per heavy atom. The van der Waals surface area contributed by atoms with Crippen LogP contribution >= 0.6 is 0 Å². The fourth-order valence-corrected chi connectivity index (χ4v) is 3.78. The summed E-state index contributed by atoms with van der Waals surface area (Å²) in [4.78, 5) is 52.6. The van der Waals surface area contributed by atoms with E-state index in [1.165, 1.54) is 4.90 Å². The topological polar surface area (TPSA) is 95.6 Å². The summed E-state index contributed by atoms with van der Waals surface area (Å²) in [6.07, 6.45) is 1.54. The molecule has 3 rings (SSSR count). The molecule has 2 unspecified atom stereocenters. The zero-order chi connectivity index (χ0) is 22.9. The van der Waals surface area contributed by atoms with Crippen molar-refractivity contribution in [2.24, 2.45) is 0 Å². The molecule has 0 saturated carbocycles. The van der Waals surface area contributed by atoms with Crippen molar-refractivity contribution in [1.82, 2.24) is 15.5 Å². The summed E-state index contributed by atoms with van der Waals surface area (Å²) in [5, 5.41) is 5.34. The monoisotopic (exact) mass is 435 g/mol. The summed E-state index contributed by atoms with van der Waals surface area (Å²) in [5.41, 5.74) is 1.68. The first kappa shape index (κ1) is 23.2. The van der Waals surface area contributed by atoms with Crippen molar-refractivity contribution in [2.75, 3.05) is 6.54 Å². The van der Waals surface area contributed by atoms with E-state index in [1.54, 1.807) is 0 Å². The first-order chi connectivity index (χ1) is 15.5. The maximum Gasteiger partial charge on any atom is 0.289 e. The molecule has 3 amide bonds. The van der Waals surface area contributed by atoms with Crippen LogP contribution in [0.15, 0.2) is 60.7 Å². The number of hydrogen-bond acceptors (Lipinski definition) is 4. The first-order valence-electron chi connectivity index (χ1n) is 11.0. The van der Waals surface area contributed by atoms with Crippen molar-refractivity contribution in [3.05, 3.63) is 71.8 Å². The van der Waals surface area contributed by atoms with Gasteiger partial charge in [-0.2, -0.15) is 0 Å². The minimum absolute atomic E-state index is 0.163. The molecule has 7 heteroatoms. The molecule has 1 saturated heterocycles. The number of amides is 3. The SMILES string of the molecule is CCCNC(=O)C(=O)C(Cc1ccccc1)N(Cc1ccccc1)C(=O)C1CCC(=O)N1. The van der Waals surface area contributed by atoms with E-state index in [0.717, 1.165) is 11.1 Å². The fourth-order valence-electron chi connectivity index (χ4n) is 3.78. The van der Waals surface area contributed by atoms with Crippen LogP contribution in [0.1, 0.15) is 37.3 Å². The second kappa shape index (κ2) is 11.2. The molecule has 2 N–H and O–H groups in total. The van der Waals surface area contributed by atoms with Crippen molar-refractivity contribution >= 4 is 23.5 Å². The van der Waals surface area contributed by atoms with Gasteiger partial charge in [-0.25, -0.2) is 0 Å². The Hall–Kier alpha value is -3.48. The molecular formula is C25H29N3O4. The molecule has 2 aromatic carbocycles. The highest BCUT2D eigenvalue weighted by Crippen LogP contribution is 2.19. The zero-order valence-electron chi connectivity index (χ0n) is 18.3. The van der Waals surface area contributed by atoms with Gasteiger partial charge in [-0.3, -0.25) is 19.2 Å². The summed E-state index contributed by atoms with van der Waals surface area (Å²) in [6, 6.07) is 17.0. The predicted molar refractivity (Wildman–Crippen MR) is 120 cm³/mol. The molecule has 0 spiro atoms. The molecule has 1 aliphatic heterocycles. The van der Waals surface area contributed by atoms with Crippen molar-refractivity contribution in [1.29, 1.82) is 0 Å². The molecule has 2 aromatic rings. The van der Waals surface area contributed by atoms with Crippen LogP contribution < -0.4 is 10.6 Å². The highest BCUT2D eigenvalue weighted by atomic mass is 16.2. The smallest absolute Gasteiger partial charge is 0.289 e. The number of hydrogen-bond donors (Lipinski definition) is 2. The second-order valence-corrected chi connectivity index (χ2v) is 7.94. The number of nitrogens with zero attached hydrogens (tertiary/aromatic N) is 1. The molecule has 168 valence electrons. The first-order valence-corrected chi connectivity index (χ1v) is 11.0. The summed E-state index contributed by atoms with van der Waals surface area (Å²) < 4.78 is 0. The van der Waals surface area contributed by atoms with Crippen LogP contribution in [0.25, 0.3) is 0 Å². The molecule has 1 fully saturated rings. The summed E-state index contributed by atoms with van der Waals surface area (Å²) >= 11 is 0. The molecule has 32 heavy (non-hydrogen) atoms. The Morgan fingerprint density at radius 1 is 1.03 bits per heavy atom. The van der Waals surface area contributed by atoms with Crippen LogP contribution in [0.3, 0.4) is 0 Å². The van der Waals surface area contributed by atoms with Crippen molar-refractivity contribution in [3.63, 3.8) is 0 Å². The van der Waals surface area contributed by atoms with Crippen LogP contribution in [0.5, 0.6) is 0 Å². The van der Waals surface area contributed by atoms with Crippen molar-refractivity contribution in [3.8, 4) is 0 Å². The van der Waals surface area contributed by atoms with Gasteiger partial charge in [0.1, 0.15) is 12.1 Å². The van der Waals surface area contributed by atoms with Crippen LogP contribution in [-0.2, 0) is 32.1 Å². The lowest BCUT2D eigenvalue weighted by molar-refractivity contribution is -0.147. The van der Waals surface area contributed by atoms with E-state index in [-0.39, 0.29) is 31.2 Å². The van der Waals surface area contributed by atoms with Gasteiger partial charge in [0.25, 0.3) is 5.91 Å². The molecule has 2 atom stereocenters. The van der Waals surface area contributed by atoms with Crippen LogP contribution in [0.4, 0.5) is 0 Å². The number of Topliss-reactive ketones (excluding diaryl/α,β-unsaturated/α-hetero) is 1. The Morgan fingerprint density at radius 3 is 2.22 bits per heavy atom. The number of rotatable bonds is 10. The van der Waals surface area contributed by atoms with E-state index in [0.29, 0.717) is 19.4 Å². The quantitative estimate of drug-likeness (QED) is 0.558. The number of benzene rings is 2. The highest BCUT2D eigenvalue weighted by Gasteiger charge is 2.38. The predicted octanol–water partition coefficient (Wildman–Crippen LogP) is 2.00. The van der Waals surface area contributed by atoms with Gasteiger partial charge >= 0.3 is 0 Å². The third kappa shape index (κ3) is 6.03. The molecule has 1 heterocycles. The average Bonchev–Trinajstić information content (AvgIpc) is 3.26. The van der Waals surface area contributed by atoms with Crippen molar-refractivity contribution in [2.45, 2.75) is 51.2 Å². The Labute approximate surface area is 188 Å². The molecule has 0 radical (unpaired) electrons. The Bertz CT molecular complexity index is 946. The van der Waals surface area contributed by atoms with Gasteiger partial charge in [-0.1, -0.05) is 67.6 Å². The highest BCUT2D eigenvalue weighted by molar-refractivity contribution is 6.38. The van der Waals surface area contributed by atoms with Gasteiger partial charge in [0.2, 0.25) is 17.6 Å². The summed E-state index contributed by atoms with van der Waals surface area (Å²) in [5.74, 6) is -1.89. The number of carbonyl (C=O) groups excluding carboxylic acids is 4. The standard InChI is InChI=1S/C25H29N3O4/c1-2-15-26-24(31)23(30)21(16-18-9-5-3-6-10-18)28(17-19-11-7-4-8-12-19)25(32)20-13-14-22(29)27-20/h3-12,20-21H,2,13-17H2,1H3,(H,26,31)(H,27,29). The van der Waals surface area contributed by atoms with Gasteiger partial charge < -0.3 is 15.5 Å². The minimum Gasteiger partial charge on any atom is -0.349 e. The van der Waals surface area contributed by atoms with E-state index in [4.69, 9.17) is 0 Å². The number of ketones is 1. The van der Waals surface area contributed by atoms with Gasteiger partial charge in [-0.05, 0) is 24.0 Å². The Kier molecular flexibility index (Phi) is 8.14. The van der Waals surface area contributed by atoms with Gasteiger partial charge in [0, 0.05) is 25.9 Å². The lowest BCUT2D eigenvalue weighted by Crippen LogP contribution is -2.55. The zero-order valence-corrected chi connectivity index (χ0v) is 18.3. The molecule has 0 bridgehead atoms. The van der Waals surface area contributed by atoms with E-state index < -0.39 is 23.8 Å². The molecule has 0 aromatic heterocycles. The van der Waals surface area contributed by atoms with Gasteiger partial charge in [-0.15, -0.1) is 0 Å². The molecular weight excluding hydrogens is 406 g/mol. The van der Waals surface area contributed by atoms with Crippen LogP contribution in [-0.4, -0.2) is 47.0 Å². The minimum atomic E-state index is -0.987. The van der Waals surface area contributed by atoms with E-state index in [9.17, 15) is 19.2 Å². The summed E-state index contributed by atoms with van der Waals surface area (Å²) in [7, 11) is 0. The lowest BCUT2D eigenvalue weighted by Gasteiger charge is -2.32. The van der Waals surface area contributed by atoms with Crippen LogP contribution in [0, 0.1) is 0 Å². The van der Waals surface area contributed by atoms with E-state index in [1.807, 2.05) is 67.6 Å². The third-order valence-corrected chi connectivity index (χ3v) is 5.48. The summed E-state index contributed by atoms with van der Waals surface area (Å²) in [6.45, 7) is 2.45. The molecule has 7 nitrogen and oxygen atoms in total. The number of nitrogens with one attached hydrogen (secondary N) is 2. The molecule has 1 aliphatic rings. The number of carbonyl (C=O) groups is 4. The normalized spacial score (nSPS) is 16.2. The van der Waals surface area contributed by atoms with Crippen molar-refractivity contribution < 1.29 is 19.2 Å². The van der Waals surface area contributed by atoms with Crippen LogP contribution in [0.2, 0.25) is 0 Å². The third-order valence-electron chi connectivity index (χ3n) is 5.48. The maximum absolute atomic E-state index is 13.5. The van der Waals surface area contributed by atoms with E-state index in [2.05, 4.69) is 10.6 Å². The van der Waals surface area contributed by atoms with E-state index >= 15 is 0 Å².